The molecule has 4 heteroatoms. The molecule has 19 heavy (non-hydrogen) atoms. The van der Waals surface area contributed by atoms with Crippen LogP contribution < -0.4 is 11.3 Å². The van der Waals surface area contributed by atoms with Gasteiger partial charge in [0.25, 0.3) is 5.56 Å². The summed E-state index contributed by atoms with van der Waals surface area (Å²) < 4.78 is 1.35. The average molecular weight is 260 g/mol. The number of benzene rings is 1. The predicted octanol–water partition coefficient (Wildman–Crippen LogP) is 2.08. The summed E-state index contributed by atoms with van der Waals surface area (Å²) in [4.78, 5) is 12.1. The van der Waals surface area contributed by atoms with Gasteiger partial charge in [-0.1, -0.05) is 39.0 Å². The van der Waals surface area contributed by atoms with Crippen molar-refractivity contribution in [2.24, 2.45) is 11.1 Å². The maximum atomic E-state index is 12.1. The van der Waals surface area contributed by atoms with Gasteiger partial charge in [0.2, 0.25) is 5.88 Å². The van der Waals surface area contributed by atoms with Crippen LogP contribution in [0.2, 0.25) is 0 Å². The summed E-state index contributed by atoms with van der Waals surface area (Å²) >= 11 is 0. The lowest BCUT2D eigenvalue weighted by molar-refractivity contribution is 0.277. The smallest absolute Gasteiger partial charge is 0.253 e. The Kier molecular flexibility index (Phi) is 3.37. The van der Waals surface area contributed by atoms with Crippen LogP contribution in [0.1, 0.15) is 20.8 Å². The molecule has 1 aromatic heterocycles. The van der Waals surface area contributed by atoms with E-state index in [0.29, 0.717) is 11.9 Å². The van der Waals surface area contributed by atoms with Crippen molar-refractivity contribution in [1.82, 2.24) is 4.57 Å². The third-order valence-corrected chi connectivity index (χ3v) is 3.49. The van der Waals surface area contributed by atoms with E-state index >= 15 is 0 Å². The minimum Gasteiger partial charge on any atom is -0.494 e. The van der Waals surface area contributed by atoms with Gasteiger partial charge in [-0.25, -0.2) is 0 Å². The SMILES string of the molecule is CC(C)(C)[C@H](N)Cn1c(O)c2ccccc2cc1=O. The minimum atomic E-state index is -0.226. The van der Waals surface area contributed by atoms with E-state index in [4.69, 9.17) is 5.73 Å². The molecule has 0 fully saturated rings. The quantitative estimate of drug-likeness (QED) is 0.868. The molecule has 0 radical (unpaired) electrons. The Labute approximate surface area is 112 Å². The zero-order valence-electron chi connectivity index (χ0n) is 11.6. The van der Waals surface area contributed by atoms with Crippen molar-refractivity contribution in [3.05, 3.63) is 40.7 Å². The Hall–Kier alpha value is -1.81. The van der Waals surface area contributed by atoms with Crippen LogP contribution in [-0.2, 0) is 6.54 Å². The number of rotatable bonds is 2. The van der Waals surface area contributed by atoms with Gasteiger partial charge in [0.15, 0.2) is 0 Å². The summed E-state index contributed by atoms with van der Waals surface area (Å²) in [5, 5.41) is 11.7. The Bertz CT molecular complexity index is 653. The van der Waals surface area contributed by atoms with E-state index in [1.807, 2.05) is 39.0 Å². The first-order chi connectivity index (χ1) is 8.80. The van der Waals surface area contributed by atoms with Crippen molar-refractivity contribution in [3.8, 4) is 5.88 Å². The van der Waals surface area contributed by atoms with Crippen LogP contribution in [0.15, 0.2) is 35.1 Å². The van der Waals surface area contributed by atoms with Crippen molar-refractivity contribution in [3.63, 3.8) is 0 Å². The fraction of sp³-hybridized carbons (Fsp3) is 0.400. The molecule has 4 nitrogen and oxygen atoms in total. The normalized spacial score (nSPS) is 13.7. The topological polar surface area (TPSA) is 68.2 Å². The van der Waals surface area contributed by atoms with Crippen LogP contribution in [0.3, 0.4) is 0 Å². The number of aromatic hydroxyl groups is 1. The number of hydrogen-bond acceptors (Lipinski definition) is 3. The Morgan fingerprint density at radius 2 is 1.95 bits per heavy atom. The van der Waals surface area contributed by atoms with Gasteiger partial charge in [-0.05, 0) is 16.9 Å². The van der Waals surface area contributed by atoms with Crippen LogP contribution >= 0.6 is 0 Å². The van der Waals surface area contributed by atoms with Crippen molar-refractivity contribution in [2.45, 2.75) is 33.4 Å². The molecular formula is C15H20N2O2. The highest BCUT2D eigenvalue weighted by Crippen LogP contribution is 2.24. The Morgan fingerprint density at radius 3 is 2.58 bits per heavy atom. The highest BCUT2D eigenvalue weighted by molar-refractivity contribution is 5.86. The first-order valence-corrected chi connectivity index (χ1v) is 6.38. The van der Waals surface area contributed by atoms with E-state index < -0.39 is 0 Å². The number of pyridine rings is 1. The third kappa shape index (κ3) is 2.63. The lowest BCUT2D eigenvalue weighted by atomic mass is 9.87. The number of fused-ring (bicyclic) bond motifs is 1. The highest BCUT2D eigenvalue weighted by Gasteiger charge is 2.22. The summed E-state index contributed by atoms with van der Waals surface area (Å²) in [5.41, 5.74) is 5.74. The summed E-state index contributed by atoms with van der Waals surface area (Å²) in [7, 11) is 0. The second-order valence-corrected chi connectivity index (χ2v) is 5.98. The van der Waals surface area contributed by atoms with Gasteiger partial charge in [-0.2, -0.15) is 0 Å². The van der Waals surface area contributed by atoms with Gasteiger partial charge in [-0.15, -0.1) is 0 Å². The van der Waals surface area contributed by atoms with Gasteiger partial charge in [0.1, 0.15) is 0 Å². The van der Waals surface area contributed by atoms with Gasteiger partial charge in [0, 0.05) is 24.0 Å². The number of nitrogens with two attached hydrogens (primary N) is 1. The maximum Gasteiger partial charge on any atom is 0.253 e. The van der Waals surface area contributed by atoms with Crippen LogP contribution in [0.25, 0.3) is 10.8 Å². The lowest BCUT2D eigenvalue weighted by Gasteiger charge is -2.28. The van der Waals surface area contributed by atoms with Crippen molar-refractivity contribution in [1.29, 1.82) is 0 Å². The molecule has 0 aliphatic heterocycles. The van der Waals surface area contributed by atoms with E-state index in [0.717, 1.165) is 5.39 Å². The molecule has 0 amide bonds. The molecule has 2 aromatic rings. The van der Waals surface area contributed by atoms with Gasteiger partial charge in [0.05, 0.1) is 0 Å². The van der Waals surface area contributed by atoms with E-state index in [2.05, 4.69) is 0 Å². The van der Waals surface area contributed by atoms with Gasteiger partial charge in [-0.3, -0.25) is 9.36 Å². The van der Waals surface area contributed by atoms with Crippen LogP contribution in [-0.4, -0.2) is 15.7 Å². The molecule has 0 bridgehead atoms. The van der Waals surface area contributed by atoms with E-state index in [1.165, 1.54) is 10.6 Å². The molecule has 1 aromatic carbocycles. The minimum absolute atomic E-state index is 0.0113. The molecule has 1 heterocycles. The summed E-state index contributed by atoms with van der Waals surface area (Å²) in [6, 6.07) is 8.60. The third-order valence-electron chi connectivity index (χ3n) is 3.49. The molecule has 3 N–H and O–H groups in total. The highest BCUT2D eigenvalue weighted by atomic mass is 16.3. The predicted molar refractivity (Wildman–Crippen MR) is 77.3 cm³/mol. The number of aromatic nitrogens is 1. The molecule has 1 atom stereocenters. The fourth-order valence-corrected chi connectivity index (χ4v) is 1.93. The standard InChI is InChI=1S/C15H20N2O2/c1-15(2,3)12(16)9-17-13(18)8-10-6-4-5-7-11(10)14(17)19/h4-8,12,19H,9,16H2,1-3H3/t12-/m1/s1. The molecule has 102 valence electrons. The average Bonchev–Trinajstić information content (AvgIpc) is 2.33. The van der Waals surface area contributed by atoms with Gasteiger partial charge >= 0.3 is 0 Å². The molecule has 0 aliphatic rings. The second-order valence-electron chi connectivity index (χ2n) is 5.98. The first-order valence-electron chi connectivity index (χ1n) is 6.38. The van der Waals surface area contributed by atoms with Crippen molar-refractivity contribution >= 4 is 10.8 Å². The lowest BCUT2D eigenvalue weighted by Crippen LogP contribution is -2.41. The Balaban J connectivity index is 2.52. The fourth-order valence-electron chi connectivity index (χ4n) is 1.93. The van der Waals surface area contributed by atoms with E-state index in [9.17, 15) is 9.90 Å². The number of nitrogens with zero attached hydrogens (tertiary/aromatic N) is 1. The second kappa shape index (κ2) is 4.70. The molecular weight excluding hydrogens is 240 g/mol. The largest absolute Gasteiger partial charge is 0.494 e. The summed E-state index contributed by atoms with van der Waals surface area (Å²) in [5.74, 6) is -0.0113. The van der Waals surface area contributed by atoms with Crippen LogP contribution in [0.5, 0.6) is 5.88 Å². The first kappa shape index (κ1) is 13.6. The molecule has 0 saturated heterocycles. The molecule has 0 unspecified atom stereocenters. The molecule has 2 rings (SSSR count). The summed E-state index contributed by atoms with van der Waals surface area (Å²) in [6.07, 6.45) is 0. The Morgan fingerprint density at radius 1 is 1.32 bits per heavy atom. The summed E-state index contributed by atoms with van der Waals surface area (Å²) in [6.45, 7) is 6.35. The van der Waals surface area contributed by atoms with Crippen LogP contribution in [0, 0.1) is 5.41 Å². The number of hydrogen-bond donors (Lipinski definition) is 2. The molecule has 0 aliphatic carbocycles. The molecule has 0 spiro atoms. The maximum absolute atomic E-state index is 12.1. The zero-order chi connectivity index (χ0) is 14.2. The van der Waals surface area contributed by atoms with Gasteiger partial charge < -0.3 is 10.8 Å². The van der Waals surface area contributed by atoms with Crippen LogP contribution in [0.4, 0.5) is 0 Å². The monoisotopic (exact) mass is 260 g/mol. The zero-order valence-corrected chi connectivity index (χ0v) is 11.6. The molecule has 0 saturated carbocycles. The van der Waals surface area contributed by atoms with E-state index in [1.54, 1.807) is 6.07 Å². The van der Waals surface area contributed by atoms with E-state index in [-0.39, 0.29) is 22.9 Å². The van der Waals surface area contributed by atoms with Crippen molar-refractivity contribution < 1.29 is 5.11 Å². The van der Waals surface area contributed by atoms with Crippen molar-refractivity contribution in [2.75, 3.05) is 0 Å².